The molecule has 1 aromatic heterocycles. The number of oxazole rings is 1. The number of hydrogen-bond acceptors (Lipinski definition) is 6. The Morgan fingerprint density at radius 3 is 2.41 bits per heavy atom. The van der Waals surface area contributed by atoms with Crippen LogP contribution in [0.2, 0.25) is 0 Å². The van der Waals surface area contributed by atoms with Crippen LogP contribution in [0.5, 0.6) is 5.75 Å². The van der Waals surface area contributed by atoms with Gasteiger partial charge in [0.25, 0.3) is 0 Å². The topological polar surface area (TPSA) is 95.8 Å². The maximum Gasteiger partial charge on any atom is 0.417 e. The van der Waals surface area contributed by atoms with Crippen molar-refractivity contribution in [3.05, 3.63) is 53.0 Å². The number of hydrogen-bond donors (Lipinski definition) is 1. The summed E-state index contributed by atoms with van der Waals surface area (Å²) in [6.07, 6.45) is 0. The number of benzene rings is 2. The Labute approximate surface area is 156 Å². The van der Waals surface area contributed by atoms with Gasteiger partial charge in [-0.25, -0.2) is 13.2 Å². The van der Waals surface area contributed by atoms with Gasteiger partial charge in [-0.3, -0.25) is 4.98 Å². The molecular formula is C18H19N3O5S. The normalized spacial score (nSPS) is 16.0. The lowest BCUT2D eigenvalue weighted by molar-refractivity contribution is 0.384. The van der Waals surface area contributed by atoms with Gasteiger partial charge in [0.15, 0.2) is 5.58 Å². The Hall–Kier alpha value is -2.78. The second kappa shape index (κ2) is 6.75. The van der Waals surface area contributed by atoms with E-state index in [2.05, 4.69) is 9.88 Å². The third kappa shape index (κ3) is 3.31. The van der Waals surface area contributed by atoms with Crippen LogP contribution in [0.3, 0.4) is 0 Å². The number of fused-ring (bicyclic) bond motifs is 1. The molecule has 4 rings (SSSR count). The van der Waals surface area contributed by atoms with Crippen molar-refractivity contribution in [2.45, 2.75) is 4.90 Å². The van der Waals surface area contributed by atoms with Gasteiger partial charge in [-0.2, -0.15) is 4.31 Å². The predicted octanol–water partition coefficient (Wildman–Crippen LogP) is 1.64. The number of piperazine rings is 1. The molecule has 0 radical (unpaired) electrons. The number of ether oxygens (including phenoxy) is 1. The molecule has 0 bridgehead atoms. The van der Waals surface area contributed by atoms with Crippen LogP contribution in [0.4, 0.5) is 5.69 Å². The molecule has 2 aromatic carbocycles. The van der Waals surface area contributed by atoms with E-state index in [9.17, 15) is 13.2 Å². The van der Waals surface area contributed by atoms with E-state index < -0.39 is 15.8 Å². The van der Waals surface area contributed by atoms with Gasteiger partial charge in [0.1, 0.15) is 5.75 Å². The summed E-state index contributed by atoms with van der Waals surface area (Å²) < 4.78 is 37.4. The van der Waals surface area contributed by atoms with Crippen LogP contribution >= 0.6 is 0 Å². The van der Waals surface area contributed by atoms with E-state index in [-0.39, 0.29) is 4.90 Å². The first-order valence-corrected chi connectivity index (χ1v) is 9.93. The Morgan fingerprint density at radius 1 is 1.04 bits per heavy atom. The maximum atomic E-state index is 12.9. The van der Waals surface area contributed by atoms with E-state index in [1.54, 1.807) is 7.11 Å². The first kappa shape index (κ1) is 17.6. The minimum atomic E-state index is -3.64. The molecule has 3 aromatic rings. The van der Waals surface area contributed by atoms with E-state index in [0.717, 1.165) is 11.4 Å². The highest BCUT2D eigenvalue weighted by molar-refractivity contribution is 7.89. The van der Waals surface area contributed by atoms with Gasteiger partial charge in [0.05, 0.1) is 17.5 Å². The average molecular weight is 389 g/mol. The zero-order valence-electron chi connectivity index (χ0n) is 14.7. The lowest BCUT2D eigenvalue weighted by atomic mass is 10.2. The van der Waals surface area contributed by atoms with E-state index in [0.29, 0.717) is 37.3 Å². The fourth-order valence-electron chi connectivity index (χ4n) is 3.22. The van der Waals surface area contributed by atoms with Crippen molar-refractivity contribution in [2.24, 2.45) is 0 Å². The third-order valence-corrected chi connectivity index (χ3v) is 6.60. The molecule has 1 aliphatic rings. The SMILES string of the molecule is COc1ccc(N2CCN(S(=O)(=O)c3ccc4oc(=O)[nH]c4c3)CC2)cc1. The summed E-state index contributed by atoms with van der Waals surface area (Å²) in [4.78, 5) is 16.0. The zero-order chi connectivity index (χ0) is 19.0. The number of nitrogens with one attached hydrogen (secondary N) is 1. The van der Waals surface area contributed by atoms with Crippen LogP contribution in [0.25, 0.3) is 11.1 Å². The zero-order valence-corrected chi connectivity index (χ0v) is 15.5. The molecule has 1 aliphatic heterocycles. The molecule has 1 saturated heterocycles. The summed E-state index contributed by atoms with van der Waals surface area (Å²) in [5, 5.41) is 0. The first-order chi connectivity index (χ1) is 13.0. The number of rotatable bonds is 4. The Kier molecular flexibility index (Phi) is 4.40. The minimum Gasteiger partial charge on any atom is -0.497 e. The fraction of sp³-hybridized carbons (Fsp3) is 0.278. The molecular weight excluding hydrogens is 370 g/mol. The maximum absolute atomic E-state index is 12.9. The fourth-order valence-corrected chi connectivity index (χ4v) is 4.67. The standard InChI is InChI=1S/C18H19N3O5S/c1-25-14-4-2-13(3-5-14)20-8-10-21(11-9-20)27(23,24)15-6-7-17-16(12-15)19-18(22)26-17/h2-7,12H,8-11H2,1H3,(H,19,22). The van der Waals surface area contributed by atoms with Crippen molar-refractivity contribution in [1.29, 1.82) is 0 Å². The second-order valence-electron chi connectivity index (χ2n) is 6.26. The van der Waals surface area contributed by atoms with E-state index in [1.165, 1.54) is 22.5 Å². The average Bonchev–Trinajstić information content (AvgIpc) is 3.07. The van der Waals surface area contributed by atoms with Crippen LogP contribution < -0.4 is 15.4 Å². The van der Waals surface area contributed by atoms with Gasteiger partial charge >= 0.3 is 5.76 Å². The van der Waals surface area contributed by atoms with Crippen LogP contribution in [-0.2, 0) is 10.0 Å². The molecule has 0 atom stereocenters. The van der Waals surface area contributed by atoms with Gasteiger partial charge in [-0.05, 0) is 42.5 Å². The quantitative estimate of drug-likeness (QED) is 0.729. The highest BCUT2D eigenvalue weighted by Gasteiger charge is 2.29. The largest absolute Gasteiger partial charge is 0.497 e. The molecule has 0 unspecified atom stereocenters. The van der Waals surface area contributed by atoms with Crippen LogP contribution in [0.15, 0.2) is 56.6 Å². The van der Waals surface area contributed by atoms with E-state index in [1.807, 2.05) is 24.3 Å². The molecule has 9 heteroatoms. The molecule has 0 aliphatic carbocycles. The summed E-state index contributed by atoms with van der Waals surface area (Å²) in [5.74, 6) is 0.181. The lowest BCUT2D eigenvalue weighted by Crippen LogP contribution is -2.48. The number of sulfonamides is 1. The Bertz CT molecular complexity index is 1110. The molecule has 142 valence electrons. The summed E-state index contributed by atoms with van der Waals surface area (Å²) in [7, 11) is -2.02. The number of H-pyrrole nitrogens is 1. The van der Waals surface area contributed by atoms with Crippen molar-refractivity contribution in [3.8, 4) is 5.75 Å². The van der Waals surface area contributed by atoms with Crippen molar-refractivity contribution in [1.82, 2.24) is 9.29 Å². The van der Waals surface area contributed by atoms with Gasteiger partial charge in [0.2, 0.25) is 10.0 Å². The molecule has 8 nitrogen and oxygen atoms in total. The van der Waals surface area contributed by atoms with Gasteiger partial charge < -0.3 is 14.1 Å². The van der Waals surface area contributed by atoms with Gasteiger partial charge in [-0.1, -0.05) is 0 Å². The summed E-state index contributed by atoms with van der Waals surface area (Å²) in [5.41, 5.74) is 1.74. The Morgan fingerprint density at radius 2 is 1.74 bits per heavy atom. The summed E-state index contributed by atoms with van der Waals surface area (Å²) in [6, 6.07) is 12.1. The predicted molar refractivity (Wildman–Crippen MR) is 101 cm³/mol. The monoisotopic (exact) mass is 389 g/mol. The number of anilines is 1. The number of aromatic nitrogens is 1. The highest BCUT2D eigenvalue weighted by atomic mass is 32.2. The highest BCUT2D eigenvalue weighted by Crippen LogP contribution is 2.24. The number of methoxy groups -OCH3 is 1. The lowest BCUT2D eigenvalue weighted by Gasteiger charge is -2.35. The van der Waals surface area contributed by atoms with Gasteiger partial charge in [0, 0.05) is 31.9 Å². The number of nitrogens with zero attached hydrogens (tertiary/aromatic N) is 2. The summed E-state index contributed by atoms with van der Waals surface area (Å²) >= 11 is 0. The molecule has 0 amide bonds. The van der Waals surface area contributed by atoms with Crippen LogP contribution in [0, 0.1) is 0 Å². The summed E-state index contributed by atoms with van der Waals surface area (Å²) in [6.45, 7) is 1.95. The van der Waals surface area contributed by atoms with Gasteiger partial charge in [-0.15, -0.1) is 0 Å². The van der Waals surface area contributed by atoms with E-state index >= 15 is 0 Å². The van der Waals surface area contributed by atoms with Crippen molar-refractivity contribution < 1.29 is 17.6 Å². The van der Waals surface area contributed by atoms with Crippen molar-refractivity contribution in [3.63, 3.8) is 0 Å². The van der Waals surface area contributed by atoms with Crippen LogP contribution in [0.1, 0.15) is 0 Å². The molecule has 1 N–H and O–H groups in total. The molecule has 2 heterocycles. The smallest absolute Gasteiger partial charge is 0.417 e. The molecule has 1 fully saturated rings. The molecule has 0 saturated carbocycles. The minimum absolute atomic E-state index is 0.143. The Balaban J connectivity index is 1.50. The third-order valence-electron chi connectivity index (χ3n) is 4.70. The number of aromatic amines is 1. The van der Waals surface area contributed by atoms with Crippen LogP contribution in [-0.4, -0.2) is 51.0 Å². The van der Waals surface area contributed by atoms with Crippen molar-refractivity contribution >= 4 is 26.8 Å². The second-order valence-corrected chi connectivity index (χ2v) is 8.20. The van der Waals surface area contributed by atoms with Crippen molar-refractivity contribution in [2.75, 3.05) is 38.2 Å². The molecule has 27 heavy (non-hydrogen) atoms. The first-order valence-electron chi connectivity index (χ1n) is 8.49. The van der Waals surface area contributed by atoms with E-state index in [4.69, 9.17) is 9.15 Å². The molecule has 0 spiro atoms.